The van der Waals surface area contributed by atoms with Gasteiger partial charge in [-0.1, -0.05) is 42.5 Å². The van der Waals surface area contributed by atoms with Gasteiger partial charge in [-0.05, 0) is 74.4 Å². The molecule has 2 aromatic rings. The SMILES string of the molecule is Cl.c1ccc(N(CC2CC3CCN2CC3)C2Cc3ccccc3C2)cc1. The summed E-state index contributed by atoms with van der Waals surface area (Å²) in [4.78, 5) is 5.49. The normalized spacial score (nSPS) is 27.0. The minimum Gasteiger partial charge on any atom is -0.366 e. The van der Waals surface area contributed by atoms with E-state index in [9.17, 15) is 0 Å². The minimum atomic E-state index is 0. The Labute approximate surface area is 163 Å². The smallest absolute Gasteiger partial charge is 0.0371 e. The molecule has 26 heavy (non-hydrogen) atoms. The van der Waals surface area contributed by atoms with Gasteiger partial charge >= 0.3 is 0 Å². The van der Waals surface area contributed by atoms with Crippen LogP contribution >= 0.6 is 12.4 Å². The van der Waals surface area contributed by atoms with E-state index in [1.807, 2.05) is 0 Å². The van der Waals surface area contributed by atoms with Gasteiger partial charge in [-0.3, -0.25) is 4.90 Å². The number of hydrogen-bond acceptors (Lipinski definition) is 2. The van der Waals surface area contributed by atoms with E-state index in [4.69, 9.17) is 0 Å². The summed E-state index contributed by atoms with van der Waals surface area (Å²) in [6.45, 7) is 3.84. The van der Waals surface area contributed by atoms with Gasteiger partial charge in [0.1, 0.15) is 0 Å². The lowest BCUT2D eigenvalue weighted by atomic mass is 9.83. The van der Waals surface area contributed by atoms with Gasteiger partial charge in [0.15, 0.2) is 0 Å². The second kappa shape index (κ2) is 7.62. The number of fused-ring (bicyclic) bond motifs is 4. The maximum absolute atomic E-state index is 2.76. The van der Waals surface area contributed by atoms with Crippen LogP contribution in [0.5, 0.6) is 0 Å². The summed E-state index contributed by atoms with van der Waals surface area (Å²) in [5.74, 6) is 0.980. The number of rotatable bonds is 4. The molecular formula is C23H29ClN2. The first kappa shape index (κ1) is 17.9. The number of halogens is 1. The molecule has 0 radical (unpaired) electrons. The highest BCUT2D eigenvalue weighted by Crippen LogP contribution is 2.35. The zero-order valence-electron chi connectivity index (χ0n) is 15.4. The first-order valence-corrected chi connectivity index (χ1v) is 9.99. The Bertz CT molecular complexity index is 699. The zero-order chi connectivity index (χ0) is 16.6. The molecule has 3 heteroatoms. The molecule has 1 aliphatic carbocycles. The van der Waals surface area contributed by atoms with E-state index in [0.29, 0.717) is 6.04 Å². The summed E-state index contributed by atoms with van der Waals surface area (Å²) >= 11 is 0. The third-order valence-electron chi connectivity index (χ3n) is 6.74. The second-order valence-electron chi connectivity index (χ2n) is 8.19. The molecule has 6 rings (SSSR count). The van der Waals surface area contributed by atoms with Crippen LogP contribution in [0.1, 0.15) is 30.4 Å². The minimum absolute atomic E-state index is 0. The maximum Gasteiger partial charge on any atom is 0.0371 e. The monoisotopic (exact) mass is 368 g/mol. The van der Waals surface area contributed by atoms with Crippen LogP contribution in [-0.2, 0) is 12.8 Å². The summed E-state index contributed by atoms with van der Waals surface area (Å²) < 4.78 is 0. The van der Waals surface area contributed by atoms with Gasteiger partial charge in [0.25, 0.3) is 0 Å². The van der Waals surface area contributed by atoms with Crippen molar-refractivity contribution in [2.75, 3.05) is 24.5 Å². The van der Waals surface area contributed by atoms with Crippen LogP contribution < -0.4 is 4.90 Å². The number of hydrogen-bond donors (Lipinski definition) is 0. The molecule has 0 spiro atoms. The fourth-order valence-corrected chi connectivity index (χ4v) is 5.35. The summed E-state index contributed by atoms with van der Waals surface area (Å²) in [7, 11) is 0. The predicted molar refractivity (Wildman–Crippen MR) is 111 cm³/mol. The Morgan fingerprint density at radius 1 is 0.846 bits per heavy atom. The summed E-state index contributed by atoms with van der Waals surface area (Å²) in [5, 5.41) is 0. The zero-order valence-corrected chi connectivity index (χ0v) is 16.2. The quantitative estimate of drug-likeness (QED) is 0.780. The van der Waals surface area contributed by atoms with Gasteiger partial charge in [-0.15, -0.1) is 12.4 Å². The topological polar surface area (TPSA) is 6.48 Å². The third-order valence-corrected chi connectivity index (χ3v) is 6.74. The average molecular weight is 369 g/mol. The molecule has 3 heterocycles. The molecule has 3 saturated heterocycles. The Morgan fingerprint density at radius 3 is 2.04 bits per heavy atom. The predicted octanol–water partition coefficient (Wildman–Crippen LogP) is 4.57. The van der Waals surface area contributed by atoms with Crippen molar-refractivity contribution in [1.82, 2.24) is 4.90 Å². The van der Waals surface area contributed by atoms with Crippen molar-refractivity contribution in [3.05, 3.63) is 65.7 Å². The molecular weight excluding hydrogens is 340 g/mol. The van der Waals surface area contributed by atoms with E-state index >= 15 is 0 Å². The van der Waals surface area contributed by atoms with Gasteiger partial charge in [0.05, 0.1) is 0 Å². The third kappa shape index (κ3) is 3.37. The number of anilines is 1. The number of piperidine rings is 3. The van der Waals surface area contributed by atoms with Crippen molar-refractivity contribution in [2.45, 2.75) is 44.2 Å². The van der Waals surface area contributed by atoms with Crippen LogP contribution in [0, 0.1) is 5.92 Å². The lowest BCUT2D eigenvalue weighted by Gasteiger charge is -2.48. The Kier molecular flexibility index (Phi) is 5.24. The van der Waals surface area contributed by atoms with Gasteiger partial charge in [-0.2, -0.15) is 0 Å². The molecule has 2 bridgehead atoms. The molecule has 3 fully saturated rings. The van der Waals surface area contributed by atoms with E-state index in [0.717, 1.165) is 12.0 Å². The van der Waals surface area contributed by atoms with Crippen molar-refractivity contribution < 1.29 is 0 Å². The average Bonchev–Trinajstić information content (AvgIpc) is 3.11. The van der Waals surface area contributed by atoms with Crippen LogP contribution in [0.25, 0.3) is 0 Å². The Hall–Kier alpha value is -1.51. The van der Waals surface area contributed by atoms with Crippen LogP contribution in [0.3, 0.4) is 0 Å². The molecule has 0 aromatic heterocycles. The van der Waals surface area contributed by atoms with Gasteiger partial charge in [0.2, 0.25) is 0 Å². The summed E-state index contributed by atoms with van der Waals surface area (Å²) in [6.07, 6.45) is 6.65. The Morgan fingerprint density at radius 2 is 1.46 bits per heavy atom. The first-order chi connectivity index (χ1) is 12.4. The van der Waals surface area contributed by atoms with Crippen LogP contribution in [0.2, 0.25) is 0 Å². The highest BCUT2D eigenvalue weighted by Gasteiger charge is 2.36. The van der Waals surface area contributed by atoms with E-state index in [1.54, 1.807) is 11.1 Å². The van der Waals surface area contributed by atoms with Crippen molar-refractivity contribution in [1.29, 1.82) is 0 Å². The number of para-hydroxylation sites is 1. The van der Waals surface area contributed by atoms with E-state index in [-0.39, 0.29) is 12.4 Å². The van der Waals surface area contributed by atoms with Crippen molar-refractivity contribution in [2.24, 2.45) is 5.92 Å². The van der Waals surface area contributed by atoms with Crippen molar-refractivity contribution in [3.63, 3.8) is 0 Å². The molecule has 138 valence electrons. The highest BCUT2D eigenvalue weighted by atomic mass is 35.5. The van der Waals surface area contributed by atoms with Crippen molar-refractivity contribution in [3.8, 4) is 0 Å². The molecule has 0 N–H and O–H groups in total. The molecule has 3 aliphatic heterocycles. The molecule has 2 nitrogen and oxygen atoms in total. The van der Waals surface area contributed by atoms with Crippen LogP contribution in [-0.4, -0.2) is 36.6 Å². The second-order valence-corrected chi connectivity index (χ2v) is 8.19. The first-order valence-electron chi connectivity index (χ1n) is 9.99. The highest BCUT2D eigenvalue weighted by molar-refractivity contribution is 5.85. The van der Waals surface area contributed by atoms with E-state index in [2.05, 4.69) is 64.4 Å². The fourth-order valence-electron chi connectivity index (χ4n) is 5.35. The van der Waals surface area contributed by atoms with Gasteiger partial charge < -0.3 is 4.90 Å². The lowest BCUT2D eigenvalue weighted by molar-refractivity contribution is 0.0522. The molecule has 0 saturated carbocycles. The lowest BCUT2D eigenvalue weighted by Crippen LogP contribution is -2.55. The maximum atomic E-state index is 2.76. The summed E-state index contributed by atoms with van der Waals surface area (Å²) in [6, 6.07) is 21.5. The molecule has 2 aromatic carbocycles. The van der Waals surface area contributed by atoms with Crippen LogP contribution in [0.15, 0.2) is 54.6 Å². The van der Waals surface area contributed by atoms with E-state index < -0.39 is 0 Å². The van der Waals surface area contributed by atoms with E-state index in [1.165, 1.54) is 57.4 Å². The standard InChI is InChI=1S/C23H28N2.ClH/c1-2-8-21(9-3-1)25(17-23-14-18-10-12-24(23)13-11-18)22-15-19-6-4-5-7-20(19)16-22;/h1-9,18,22-23H,10-17H2;1H. The molecule has 0 amide bonds. The molecule has 1 unspecified atom stereocenters. The van der Waals surface area contributed by atoms with Gasteiger partial charge in [-0.25, -0.2) is 0 Å². The van der Waals surface area contributed by atoms with Gasteiger partial charge in [0, 0.05) is 24.3 Å². The molecule has 4 aliphatic rings. The Balaban J connectivity index is 0.00000168. The summed E-state index contributed by atoms with van der Waals surface area (Å²) in [5.41, 5.74) is 4.51. The number of nitrogens with zero attached hydrogens (tertiary/aromatic N) is 2. The van der Waals surface area contributed by atoms with Crippen LogP contribution in [0.4, 0.5) is 5.69 Å². The largest absolute Gasteiger partial charge is 0.366 e. The van der Waals surface area contributed by atoms with Crippen molar-refractivity contribution >= 4 is 18.1 Å². The fraction of sp³-hybridized carbons (Fsp3) is 0.478. The number of benzene rings is 2. The molecule has 1 atom stereocenters.